The Bertz CT molecular complexity index is 531. The fraction of sp³-hybridized carbons (Fsp3) is 0.533. The summed E-state index contributed by atoms with van der Waals surface area (Å²) >= 11 is 0. The maximum absolute atomic E-state index is 13.9. The van der Waals surface area contributed by atoms with E-state index in [2.05, 4.69) is 10.2 Å². The topological polar surface area (TPSA) is 87.8 Å². The number of β-amino-alcohol motifs (C(OH)–C–C–N with tert-alkyl or cyclic N) is 1. The summed E-state index contributed by atoms with van der Waals surface area (Å²) in [7, 11) is 1.42. The van der Waals surface area contributed by atoms with E-state index in [1.54, 1.807) is 0 Å². The number of aliphatic hydroxyl groups excluding tert-OH is 1. The predicted octanol–water partition coefficient (Wildman–Crippen LogP) is 0.603. The number of anilines is 1. The number of halogens is 1. The monoisotopic (exact) mass is 311 g/mol. The number of hydrogen-bond acceptors (Lipinski definition) is 5. The van der Waals surface area contributed by atoms with Gasteiger partial charge in [-0.05, 0) is 18.9 Å². The predicted molar refractivity (Wildman–Crippen MR) is 81.4 cm³/mol. The van der Waals surface area contributed by atoms with Crippen LogP contribution in [-0.2, 0) is 0 Å². The fourth-order valence-electron chi connectivity index (χ4n) is 2.63. The van der Waals surface area contributed by atoms with Crippen molar-refractivity contribution in [1.82, 2.24) is 10.2 Å². The first kappa shape index (κ1) is 16.5. The summed E-state index contributed by atoms with van der Waals surface area (Å²) < 4.78 is 18.9. The van der Waals surface area contributed by atoms with Crippen LogP contribution in [-0.4, -0.2) is 55.3 Å². The highest BCUT2D eigenvalue weighted by Crippen LogP contribution is 2.25. The van der Waals surface area contributed by atoms with Crippen LogP contribution in [0.3, 0.4) is 0 Å². The van der Waals surface area contributed by atoms with Crippen molar-refractivity contribution in [2.24, 2.45) is 0 Å². The molecule has 1 heterocycles. The minimum atomic E-state index is -0.659. The Morgan fingerprint density at radius 1 is 1.50 bits per heavy atom. The summed E-state index contributed by atoms with van der Waals surface area (Å²) in [6, 6.07) is 2.42. The fourth-order valence-corrected chi connectivity index (χ4v) is 2.63. The van der Waals surface area contributed by atoms with E-state index < -0.39 is 11.7 Å². The number of hydrogen-bond donors (Lipinski definition) is 3. The summed E-state index contributed by atoms with van der Waals surface area (Å²) in [5.41, 5.74) is 5.70. The second-order valence-corrected chi connectivity index (χ2v) is 5.39. The first-order chi connectivity index (χ1) is 10.5. The number of carbonyl (C=O) groups is 1. The van der Waals surface area contributed by atoms with Crippen molar-refractivity contribution in [2.45, 2.75) is 18.9 Å². The zero-order chi connectivity index (χ0) is 16.1. The number of carbonyl (C=O) groups excluding carboxylic acids is 1. The van der Waals surface area contributed by atoms with Crippen LogP contribution in [0.4, 0.5) is 10.1 Å². The minimum Gasteiger partial charge on any atom is -0.495 e. The molecule has 0 unspecified atom stereocenters. The molecule has 6 nitrogen and oxygen atoms in total. The SMILES string of the molecule is COc1cc(C(=O)NC2CCN(CCO)CC2)c(F)cc1N. The van der Waals surface area contributed by atoms with Crippen molar-refractivity contribution < 1.29 is 19.0 Å². The van der Waals surface area contributed by atoms with Crippen molar-refractivity contribution in [1.29, 1.82) is 0 Å². The lowest BCUT2D eigenvalue weighted by Gasteiger charge is -2.31. The molecule has 0 spiro atoms. The Morgan fingerprint density at radius 3 is 2.77 bits per heavy atom. The van der Waals surface area contributed by atoms with E-state index in [1.165, 1.54) is 13.2 Å². The summed E-state index contributed by atoms with van der Waals surface area (Å²) in [5, 5.41) is 11.8. The normalized spacial score (nSPS) is 16.5. The number of piperidine rings is 1. The minimum absolute atomic E-state index is 0.00499. The smallest absolute Gasteiger partial charge is 0.254 e. The van der Waals surface area contributed by atoms with Crippen LogP contribution in [0, 0.1) is 5.82 Å². The molecule has 2 rings (SSSR count). The molecule has 0 atom stereocenters. The second-order valence-electron chi connectivity index (χ2n) is 5.39. The summed E-state index contributed by atoms with van der Waals surface area (Å²) in [6.07, 6.45) is 1.55. The molecule has 0 saturated carbocycles. The average molecular weight is 311 g/mol. The van der Waals surface area contributed by atoms with Gasteiger partial charge in [0.2, 0.25) is 0 Å². The van der Waals surface area contributed by atoms with Crippen LogP contribution in [0.5, 0.6) is 5.75 Å². The Hall–Kier alpha value is -1.86. The molecule has 22 heavy (non-hydrogen) atoms. The van der Waals surface area contributed by atoms with E-state index >= 15 is 0 Å². The van der Waals surface area contributed by atoms with E-state index in [0.717, 1.165) is 32.0 Å². The Morgan fingerprint density at radius 2 is 2.18 bits per heavy atom. The van der Waals surface area contributed by atoms with Gasteiger partial charge < -0.3 is 25.8 Å². The van der Waals surface area contributed by atoms with Gasteiger partial charge in [0.05, 0.1) is 25.0 Å². The van der Waals surface area contributed by atoms with Gasteiger partial charge in [0.25, 0.3) is 5.91 Å². The molecule has 1 fully saturated rings. The molecule has 0 bridgehead atoms. The van der Waals surface area contributed by atoms with Gasteiger partial charge in [0, 0.05) is 31.7 Å². The third kappa shape index (κ3) is 3.86. The zero-order valence-electron chi connectivity index (χ0n) is 12.6. The van der Waals surface area contributed by atoms with E-state index in [4.69, 9.17) is 15.6 Å². The van der Waals surface area contributed by atoms with Crippen molar-refractivity contribution in [3.8, 4) is 5.75 Å². The molecule has 1 saturated heterocycles. The first-order valence-electron chi connectivity index (χ1n) is 7.32. The van der Waals surface area contributed by atoms with Crippen molar-refractivity contribution in [3.05, 3.63) is 23.5 Å². The summed E-state index contributed by atoms with van der Waals surface area (Å²) in [5.74, 6) is -0.839. The van der Waals surface area contributed by atoms with Gasteiger partial charge in [-0.25, -0.2) is 4.39 Å². The molecule has 1 aromatic rings. The lowest BCUT2D eigenvalue weighted by atomic mass is 10.0. The molecule has 0 aliphatic carbocycles. The molecule has 1 aromatic carbocycles. The van der Waals surface area contributed by atoms with Crippen LogP contribution in [0.25, 0.3) is 0 Å². The lowest BCUT2D eigenvalue weighted by Crippen LogP contribution is -2.45. The van der Waals surface area contributed by atoms with Gasteiger partial charge in [-0.2, -0.15) is 0 Å². The maximum Gasteiger partial charge on any atom is 0.254 e. The van der Waals surface area contributed by atoms with Gasteiger partial charge in [-0.1, -0.05) is 0 Å². The number of ether oxygens (including phenoxy) is 1. The molecule has 1 aliphatic rings. The number of nitrogens with zero attached hydrogens (tertiary/aromatic N) is 1. The molecule has 1 amide bonds. The quantitative estimate of drug-likeness (QED) is 0.693. The van der Waals surface area contributed by atoms with Crippen LogP contribution >= 0.6 is 0 Å². The highest BCUT2D eigenvalue weighted by molar-refractivity contribution is 5.95. The molecule has 1 aliphatic heterocycles. The summed E-state index contributed by atoms with van der Waals surface area (Å²) in [4.78, 5) is 14.4. The molecule has 122 valence electrons. The number of benzene rings is 1. The van der Waals surface area contributed by atoms with Gasteiger partial charge in [-0.15, -0.1) is 0 Å². The zero-order valence-corrected chi connectivity index (χ0v) is 12.6. The Kier molecular flexibility index (Phi) is 5.57. The van der Waals surface area contributed by atoms with Gasteiger partial charge in [0.1, 0.15) is 11.6 Å². The molecule has 0 radical (unpaired) electrons. The standard InChI is InChI=1S/C15H22FN3O3/c1-22-14-8-11(12(16)9-13(14)17)15(21)18-10-2-4-19(5-3-10)6-7-20/h8-10,20H,2-7,17H2,1H3,(H,18,21). The van der Waals surface area contributed by atoms with E-state index in [0.29, 0.717) is 6.54 Å². The third-order valence-corrected chi connectivity index (χ3v) is 3.90. The molecule has 4 N–H and O–H groups in total. The number of likely N-dealkylation sites (tertiary alicyclic amines) is 1. The Labute approximate surface area is 129 Å². The number of nitrogens with one attached hydrogen (secondary N) is 1. The average Bonchev–Trinajstić information content (AvgIpc) is 2.49. The van der Waals surface area contributed by atoms with Crippen molar-refractivity contribution in [3.63, 3.8) is 0 Å². The highest BCUT2D eigenvalue weighted by atomic mass is 19.1. The largest absolute Gasteiger partial charge is 0.495 e. The lowest BCUT2D eigenvalue weighted by molar-refractivity contribution is 0.0899. The number of aliphatic hydroxyl groups is 1. The van der Waals surface area contributed by atoms with Crippen LogP contribution < -0.4 is 15.8 Å². The number of nitrogens with two attached hydrogens (primary N) is 1. The molecule has 7 heteroatoms. The summed E-state index contributed by atoms with van der Waals surface area (Å²) in [6.45, 7) is 2.38. The van der Waals surface area contributed by atoms with Crippen LogP contribution in [0.1, 0.15) is 23.2 Å². The van der Waals surface area contributed by atoms with Gasteiger partial charge >= 0.3 is 0 Å². The maximum atomic E-state index is 13.9. The molecular weight excluding hydrogens is 289 g/mol. The van der Waals surface area contributed by atoms with Crippen molar-refractivity contribution in [2.75, 3.05) is 39.1 Å². The van der Waals surface area contributed by atoms with Gasteiger partial charge in [-0.3, -0.25) is 4.79 Å². The first-order valence-corrected chi connectivity index (χ1v) is 7.32. The van der Waals surface area contributed by atoms with E-state index in [9.17, 15) is 9.18 Å². The second kappa shape index (κ2) is 7.42. The number of amides is 1. The third-order valence-electron chi connectivity index (χ3n) is 3.90. The number of rotatable bonds is 5. The van der Waals surface area contributed by atoms with Crippen molar-refractivity contribution >= 4 is 11.6 Å². The highest BCUT2D eigenvalue weighted by Gasteiger charge is 2.22. The molecular formula is C15H22FN3O3. The molecule has 0 aromatic heterocycles. The van der Waals surface area contributed by atoms with E-state index in [-0.39, 0.29) is 29.6 Å². The number of nitrogen functional groups attached to an aromatic ring is 1. The number of methoxy groups -OCH3 is 1. The van der Waals surface area contributed by atoms with Crippen LogP contribution in [0.15, 0.2) is 12.1 Å². The van der Waals surface area contributed by atoms with E-state index in [1.807, 2.05) is 0 Å². The van der Waals surface area contributed by atoms with Gasteiger partial charge in [0.15, 0.2) is 0 Å². The Balaban J connectivity index is 1.98. The van der Waals surface area contributed by atoms with Crippen LogP contribution in [0.2, 0.25) is 0 Å².